The van der Waals surface area contributed by atoms with E-state index in [2.05, 4.69) is 13.8 Å². The Morgan fingerprint density at radius 3 is 2.12 bits per heavy atom. The zero-order chi connectivity index (χ0) is 12.4. The second-order valence-electron chi connectivity index (χ2n) is 5.02. The van der Waals surface area contributed by atoms with Gasteiger partial charge in [0.1, 0.15) is 12.1 Å². The number of ketones is 1. The van der Waals surface area contributed by atoms with Crippen molar-refractivity contribution in [2.75, 3.05) is 0 Å². The zero-order valence-electron chi connectivity index (χ0n) is 11.0. The molecule has 0 N–H and O–H groups in total. The highest BCUT2D eigenvalue weighted by atomic mass is 16.1. The molecule has 0 saturated carbocycles. The van der Waals surface area contributed by atoms with Gasteiger partial charge in [-0.15, -0.1) is 0 Å². The smallest absolute Gasteiger partial charge is 0.132 e. The minimum Gasteiger partial charge on any atom is -0.303 e. The summed E-state index contributed by atoms with van der Waals surface area (Å²) in [5, 5.41) is 0. The molecule has 0 aromatic heterocycles. The molecule has 0 radical (unpaired) electrons. The van der Waals surface area contributed by atoms with Crippen LogP contribution in [-0.2, 0) is 9.59 Å². The molecule has 2 heteroatoms. The number of Topliss-reactive ketones (excluding diaryl/α,β-unsaturated/α-hetero) is 1. The molecule has 1 atom stereocenters. The molecule has 0 fully saturated rings. The van der Waals surface area contributed by atoms with Crippen molar-refractivity contribution >= 4 is 12.1 Å². The van der Waals surface area contributed by atoms with Crippen LogP contribution in [0.15, 0.2) is 0 Å². The van der Waals surface area contributed by atoms with Crippen LogP contribution in [0.25, 0.3) is 0 Å². The highest BCUT2D eigenvalue weighted by Gasteiger charge is 2.07. The van der Waals surface area contributed by atoms with Crippen LogP contribution in [-0.4, -0.2) is 12.1 Å². The van der Waals surface area contributed by atoms with E-state index in [1.165, 1.54) is 0 Å². The molecular formula is C14H26O2. The normalized spacial score (nSPS) is 12.8. The summed E-state index contributed by atoms with van der Waals surface area (Å²) >= 11 is 0. The van der Waals surface area contributed by atoms with Crippen molar-refractivity contribution in [3.8, 4) is 0 Å². The Morgan fingerprint density at radius 2 is 1.69 bits per heavy atom. The average Bonchev–Trinajstić information content (AvgIpc) is 2.24. The lowest BCUT2D eigenvalue weighted by atomic mass is 9.98. The maximum atomic E-state index is 11.5. The first-order valence-corrected chi connectivity index (χ1v) is 6.57. The quantitative estimate of drug-likeness (QED) is 0.531. The van der Waals surface area contributed by atoms with Gasteiger partial charge in [-0.2, -0.15) is 0 Å². The van der Waals surface area contributed by atoms with Crippen LogP contribution in [0.2, 0.25) is 0 Å². The Morgan fingerprint density at radius 1 is 1.12 bits per heavy atom. The maximum Gasteiger partial charge on any atom is 0.132 e. The number of rotatable bonds is 10. The molecule has 0 aliphatic heterocycles. The SMILES string of the molecule is CCC(C=O)CCCC(=O)CCCC(C)C. The molecule has 16 heavy (non-hydrogen) atoms. The van der Waals surface area contributed by atoms with Gasteiger partial charge in [-0.3, -0.25) is 4.79 Å². The molecule has 1 unspecified atom stereocenters. The Bertz CT molecular complexity index is 197. The van der Waals surface area contributed by atoms with Crippen LogP contribution in [0, 0.1) is 11.8 Å². The van der Waals surface area contributed by atoms with E-state index in [0.717, 1.165) is 44.8 Å². The van der Waals surface area contributed by atoms with Gasteiger partial charge in [-0.25, -0.2) is 0 Å². The van der Waals surface area contributed by atoms with Gasteiger partial charge in [0.25, 0.3) is 0 Å². The number of hydrogen-bond acceptors (Lipinski definition) is 2. The summed E-state index contributed by atoms with van der Waals surface area (Å²) < 4.78 is 0. The summed E-state index contributed by atoms with van der Waals surface area (Å²) in [6, 6.07) is 0. The van der Waals surface area contributed by atoms with Gasteiger partial charge >= 0.3 is 0 Å². The first kappa shape index (κ1) is 15.3. The maximum absolute atomic E-state index is 11.5. The van der Waals surface area contributed by atoms with Crippen molar-refractivity contribution in [3.63, 3.8) is 0 Å². The third kappa shape index (κ3) is 8.63. The molecule has 0 aliphatic rings. The van der Waals surface area contributed by atoms with Gasteiger partial charge in [0.05, 0.1) is 0 Å². The molecule has 0 bridgehead atoms. The van der Waals surface area contributed by atoms with E-state index in [1.54, 1.807) is 0 Å². The van der Waals surface area contributed by atoms with E-state index < -0.39 is 0 Å². The van der Waals surface area contributed by atoms with E-state index in [1.807, 2.05) is 6.92 Å². The standard InChI is InChI=1S/C14H26O2/c1-4-13(11-15)8-6-10-14(16)9-5-7-12(2)3/h11-13H,4-10H2,1-3H3. The molecule has 0 aliphatic carbocycles. The van der Waals surface area contributed by atoms with E-state index in [4.69, 9.17) is 0 Å². The summed E-state index contributed by atoms with van der Waals surface area (Å²) in [6.45, 7) is 6.38. The third-order valence-electron chi connectivity index (χ3n) is 2.98. The molecule has 0 saturated heterocycles. The van der Waals surface area contributed by atoms with Crippen LogP contribution in [0.3, 0.4) is 0 Å². The van der Waals surface area contributed by atoms with Gasteiger partial charge in [-0.1, -0.05) is 27.2 Å². The third-order valence-corrected chi connectivity index (χ3v) is 2.98. The minimum absolute atomic E-state index is 0.156. The highest BCUT2D eigenvalue weighted by molar-refractivity contribution is 5.78. The lowest BCUT2D eigenvalue weighted by Crippen LogP contribution is -2.03. The van der Waals surface area contributed by atoms with E-state index in [0.29, 0.717) is 18.1 Å². The molecule has 0 heterocycles. The summed E-state index contributed by atoms with van der Waals surface area (Å²) in [5.41, 5.74) is 0. The molecule has 2 nitrogen and oxygen atoms in total. The molecule has 94 valence electrons. The van der Waals surface area contributed by atoms with Crippen molar-refractivity contribution < 1.29 is 9.59 Å². The second-order valence-corrected chi connectivity index (χ2v) is 5.02. The number of hydrogen-bond donors (Lipinski definition) is 0. The lowest BCUT2D eigenvalue weighted by Gasteiger charge is -2.06. The predicted octanol–water partition coefficient (Wildman–Crippen LogP) is 3.78. The lowest BCUT2D eigenvalue weighted by molar-refractivity contribution is -0.119. The molecule has 0 spiro atoms. The first-order chi connectivity index (χ1) is 7.60. The van der Waals surface area contributed by atoms with Crippen molar-refractivity contribution in [1.82, 2.24) is 0 Å². The molecule has 0 rings (SSSR count). The number of carbonyl (C=O) groups is 2. The molecule has 0 aromatic carbocycles. The Labute approximate surface area is 99.8 Å². The molecule has 0 amide bonds. The fourth-order valence-corrected chi connectivity index (χ4v) is 1.76. The van der Waals surface area contributed by atoms with Gasteiger partial charge in [0.15, 0.2) is 0 Å². The van der Waals surface area contributed by atoms with Crippen molar-refractivity contribution in [3.05, 3.63) is 0 Å². The summed E-state index contributed by atoms with van der Waals surface area (Å²) in [7, 11) is 0. The summed E-state index contributed by atoms with van der Waals surface area (Å²) in [6.07, 6.45) is 7.18. The van der Waals surface area contributed by atoms with Gasteiger partial charge in [0.2, 0.25) is 0 Å². The average molecular weight is 226 g/mol. The van der Waals surface area contributed by atoms with Gasteiger partial charge in [0, 0.05) is 18.8 Å². The largest absolute Gasteiger partial charge is 0.303 e. The molecule has 0 aromatic rings. The van der Waals surface area contributed by atoms with E-state index in [9.17, 15) is 9.59 Å². The minimum atomic E-state index is 0.156. The van der Waals surface area contributed by atoms with Crippen LogP contribution in [0.4, 0.5) is 0 Å². The monoisotopic (exact) mass is 226 g/mol. The topological polar surface area (TPSA) is 34.1 Å². The zero-order valence-corrected chi connectivity index (χ0v) is 11.0. The van der Waals surface area contributed by atoms with Gasteiger partial charge < -0.3 is 4.79 Å². The number of aldehydes is 1. The first-order valence-electron chi connectivity index (χ1n) is 6.57. The Kier molecular flexibility index (Phi) is 9.16. The Hall–Kier alpha value is -0.660. The van der Waals surface area contributed by atoms with Crippen LogP contribution in [0.5, 0.6) is 0 Å². The van der Waals surface area contributed by atoms with Crippen LogP contribution in [0.1, 0.15) is 65.7 Å². The Balaban J connectivity index is 3.46. The molecular weight excluding hydrogens is 200 g/mol. The summed E-state index contributed by atoms with van der Waals surface area (Å²) in [4.78, 5) is 22.1. The van der Waals surface area contributed by atoms with Crippen molar-refractivity contribution in [2.24, 2.45) is 11.8 Å². The van der Waals surface area contributed by atoms with Crippen LogP contribution < -0.4 is 0 Å². The van der Waals surface area contributed by atoms with E-state index in [-0.39, 0.29) is 5.92 Å². The fourth-order valence-electron chi connectivity index (χ4n) is 1.76. The van der Waals surface area contributed by atoms with Gasteiger partial charge in [-0.05, 0) is 31.6 Å². The van der Waals surface area contributed by atoms with Crippen LogP contribution >= 0.6 is 0 Å². The van der Waals surface area contributed by atoms with E-state index >= 15 is 0 Å². The number of carbonyl (C=O) groups excluding carboxylic acids is 2. The predicted molar refractivity (Wildman–Crippen MR) is 67.4 cm³/mol. The highest BCUT2D eigenvalue weighted by Crippen LogP contribution is 2.12. The van der Waals surface area contributed by atoms with Crippen molar-refractivity contribution in [1.29, 1.82) is 0 Å². The fraction of sp³-hybridized carbons (Fsp3) is 0.857. The second kappa shape index (κ2) is 9.56. The van der Waals surface area contributed by atoms with Crippen molar-refractivity contribution in [2.45, 2.75) is 65.7 Å². The summed E-state index contributed by atoms with van der Waals surface area (Å²) in [5.74, 6) is 1.21.